The molecular weight excluding hydrogens is 276 g/mol. The van der Waals surface area contributed by atoms with Gasteiger partial charge in [0.05, 0.1) is 0 Å². The summed E-state index contributed by atoms with van der Waals surface area (Å²) in [5, 5.41) is 5.25. The number of imide groups is 1. The van der Waals surface area contributed by atoms with Gasteiger partial charge in [0, 0.05) is 11.0 Å². The van der Waals surface area contributed by atoms with Crippen LogP contribution < -0.4 is 10.6 Å². The summed E-state index contributed by atoms with van der Waals surface area (Å²) in [6, 6.07) is 12.9. The van der Waals surface area contributed by atoms with Gasteiger partial charge in [0.2, 0.25) is 0 Å². The van der Waals surface area contributed by atoms with Gasteiger partial charge in [-0.2, -0.15) is 0 Å². The minimum atomic E-state index is -0.522. The fourth-order valence-corrected chi connectivity index (χ4v) is 2.50. The lowest BCUT2D eigenvalue weighted by molar-refractivity contribution is -0.115. The van der Waals surface area contributed by atoms with Crippen molar-refractivity contribution in [1.29, 1.82) is 0 Å². The number of amides is 3. The molecule has 0 atom stereocenters. The molecule has 3 amide bonds. The van der Waals surface area contributed by atoms with E-state index in [9.17, 15) is 9.59 Å². The molecule has 20 heavy (non-hydrogen) atoms. The third-order valence-corrected chi connectivity index (χ3v) is 3.50. The molecule has 5 nitrogen and oxygen atoms in total. The molecule has 0 spiro atoms. The maximum Gasteiger partial charge on any atom is 0.326 e. The predicted octanol–water partition coefficient (Wildman–Crippen LogP) is 2.61. The maximum absolute atomic E-state index is 11.4. The molecule has 0 bridgehead atoms. The number of benzene rings is 1. The van der Waals surface area contributed by atoms with Gasteiger partial charge in [-0.25, -0.2) is 4.79 Å². The Labute approximate surface area is 119 Å². The minimum Gasteiger partial charge on any atom is -0.450 e. The quantitative estimate of drug-likeness (QED) is 0.672. The van der Waals surface area contributed by atoms with Crippen LogP contribution in [0.1, 0.15) is 5.76 Å². The second-order valence-electron chi connectivity index (χ2n) is 4.04. The molecule has 1 aromatic heterocycles. The number of carbonyl (C=O) groups excluding carboxylic acids is 2. The Balaban J connectivity index is 1.76. The molecule has 1 aliphatic heterocycles. The molecule has 0 radical (unpaired) electrons. The second kappa shape index (κ2) is 5.26. The molecule has 2 aromatic rings. The summed E-state index contributed by atoms with van der Waals surface area (Å²) in [5.74, 6) is 0.0550. The maximum atomic E-state index is 11.4. The molecule has 100 valence electrons. The number of rotatable bonds is 3. The highest BCUT2D eigenvalue weighted by Crippen LogP contribution is 2.29. The summed E-state index contributed by atoms with van der Waals surface area (Å²) in [5.41, 5.74) is 0.181. The Kier molecular flexibility index (Phi) is 3.30. The highest BCUT2D eigenvalue weighted by molar-refractivity contribution is 7.99. The molecular formula is C14H10N2O3S. The summed E-state index contributed by atoms with van der Waals surface area (Å²) in [6.07, 6.45) is 1.50. The largest absolute Gasteiger partial charge is 0.450 e. The van der Waals surface area contributed by atoms with Gasteiger partial charge in [-0.3, -0.25) is 10.1 Å². The van der Waals surface area contributed by atoms with Crippen LogP contribution in [0.25, 0.3) is 6.08 Å². The van der Waals surface area contributed by atoms with Crippen molar-refractivity contribution in [2.75, 3.05) is 0 Å². The standard InChI is InChI=1S/C14H10N2O3S/c17-13-11(15-14(18)16-13)8-9-6-7-12(19-9)20-10-4-2-1-3-5-10/h1-8H,(H2,15,16,17,18). The zero-order valence-electron chi connectivity index (χ0n) is 10.3. The Hall–Kier alpha value is -2.47. The first-order valence-electron chi connectivity index (χ1n) is 5.87. The van der Waals surface area contributed by atoms with E-state index in [0.717, 1.165) is 4.90 Å². The Morgan fingerprint density at radius 2 is 1.80 bits per heavy atom. The van der Waals surface area contributed by atoms with Gasteiger partial charge < -0.3 is 9.73 Å². The first-order chi connectivity index (χ1) is 9.70. The number of urea groups is 1. The van der Waals surface area contributed by atoms with Crippen molar-refractivity contribution in [3.8, 4) is 0 Å². The van der Waals surface area contributed by atoms with E-state index in [-0.39, 0.29) is 5.70 Å². The predicted molar refractivity (Wildman–Crippen MR) is 73.9 cm³/mol. The van der Waals surface area contributed by atoms with E-state index in [4.69, 9.17) is 4.42 Å². The zero-order valence-corrected chi connectivity index (χ0v) is 11.1. The first kappa shape index (κ1) is 12.6. The summed E-state index contributed by atoms with van der Waals surface area (Å²) in [7, 11) is 0. The lowest BCUT2D eigenvalue weighted by Crippen LogP contribution is -2.22. The van der Waals surface area contributed by atoms with Crippen molar-refractivity contribution in [1.82, 2.24) is 10.6 Å². The molecule has 0 unspecified atom stereocenters. The monoisotopic (exact) mass is 286 g/mol. The van der Waals surface area contributed by atoms with Crippen LogP contribution in [0, 0.1) is 0 Å². The van der Waals surface area contributed by atoms with Gasteiger partial charge in [0.25, 0.3) is 5.91 Å². The Morgan fingerprint density at radius 3 is 2.50 bits per heavy atom. The highest BCUT2D eigenvalue weighted by Gasteiger charge is 2.23. The van der Waals surface area contributed by atoms with E-state index >= 15 is 0 Å². The van der Waals surface area contributed by atoms with Crippen LogP contribution in [0.3, 0.4) is 0 Å². The minimum absolute atomic E-state index is 0.181. The van der Waals surface area contributed by atoms with Crippen LogP contribution >= 0.6 is 11.8 Å². The molecule has 3 rings (SSSR count). The third-order valence-electron chi connectivity index (χ3n) is 2.57. The van der Waals surface area contributed by atoms with E-state index < -0.39 is 11.9 Å². The lowest BCUT2D eigenvalue weighted by atomic mass is 10.3. The Bertz CT molecular complexity index is 691. The van der Waals surface area contributed by atoms with Gasteiger partial charge in [-0.1, -0.05) is 30.0 Å². The fourth-order valence-electron chi connectivity index (χ4n) is 1.70. The van der Waals surface area contributed by atoms with Crippen LogP contribution in [-0.2, 0) is 4.79 Å². The average Bonchev–Trinajstić information content (AvgIpc) is 2.98. The highest BCUT2D eigenvalue weighted by atomic mass is 32.2. The van der Waals surface area contributed by atoms with Gasteiger partial charge >= 0.3 is 6.03 Å². The van der Waals surface area contributed by atoms with E-state index in [1.807, 2.05) is 36.4 Å². The van der Waals surface area contributed by atoms with Crippen molar-refractivity contribution in [3.63, 3.8) is 0 Å². The van der Waals surface area contributed by atoms with Crippen molar-refractivity contribution >= 4 is 29.8 Å². The number of nitrogens with one attached hydrogen (secondary N) is 2. The molecule has 6 heteroatoms. The molecule has 1 aliphatic rings. The van der Waals surface area contributed by atoms with Crippen LogP contribution in [0.5, 0.6) is 0 Å². The first-order valence-corrected chi connectivity index (χ1v) is 6.69. The van der Waals surface area contributed by atoms with Gasteiger partial charge in [-0.05, 0) is 24.3 Å². The number of hydrogen-bond acceptors (Lipinski definition) is 4. The molecule has 2 heterocycles. The lowest BCUT2D eigenvalue weighted by Gasteiger charge is -1.96. The second-order valence-corrected chi connectivity index (χ2v) is 5.12. The molecule has 1 fully saturated rings. The molecule has 2 N–H and O–H groups in total. The smallest absolute Gasteiger partial charge is 0.326 e. The van der Waals surface area contributed by atoms with Gasteiger partial charge in [-0.15, -0.1) is 0 Å². The van der Waals surface area contributed by atoms with Crippen molar-refractivity contribution < 1.29 is 14.0 Å². The van der Waals surface area contributed by atoms with E-state index in [0.29, 0.717) is 10.9 Å². The molecule has 0 aliphatic carbocycles. The SMILES string of the molecule is O=C1NC(=O)C(=Cc2ccc(Sc3ccccc3)o2)N1. The number of furan rings is 1. The Morgan fingerprint density at radius 1 is 1.00 bits per heavy atom. The summed E-state index contributed by atoms with van der Waals surface area (Å²) < 4.78 is 5.59. The number of carbonyl (C=O) groups is 2. The fraction of sp³-hybridized carbons (Fsp3) is 0. The van der Waals surface area contributed by atoms with Crippen molar-refractivity contribution in [2.45, 2.75) is 9.99 Å². The summed E-state index contributed by atoms with van der Waals surface area (Å²) >= 11 is 1.48. The molecule has 1 aromatic carbocycles. The van der Waals surface area contributed by atoms with E-state index in [2.05, 4.69) is 10.6 Å². The summed E-state index contributed by atoms with van der Waals surface area (Å²) in [4.78, 5) is 23.4. The molecule has 0 saturated carbocycles. The van der Waals surface area contributed by atoms with Crippen LogP contribution in [0.2, 0.25) is 0 Å². The normalized spacial score (nSPS) is 16.3. The van der Waals surface area contributed by atoms with Crippen molar-refractivity contribution in [2.24, 2.45) is 0 Å². The average molecular weight is 286 g/mol. The van der Waals surface area contributed by atoms with Gasteiger partial charge in [0.15, 0.2) is 5.09 Å². The number of hydrogen-bond donors (Lipinski definition) is 2. The van der Waals surface area contributed by atoms with Gasteiger partial charge in [0.1, 0.15) is 11.5 Å². The van der Waals surface area contributed by atoms with Crippen molar-refractivity contribution in [3.05, 3.63) is 53.9 Å². The zero-order chi connectivity index (χ0) is 13.9. The topological polar surface area (TPSA) is 71.3 Å². The summed E-state index contributed by atoms with van der Waals surface area (Å²) in [6.45, 7) is 0. The van der Waals surface area contributed by atoms with Crippen LogP contribution in [0.15, 0.2) is 62.6 Å². The molecule has 1 saturated heterocycles. The van der Waals surface area contributed by atoms with E-state index in [1.165, 1.54) is 17.8 Å². The van der Waals surface area contributed by atoms with Crippen LogP contribution in [-0.4, -0.2) is 11.9 Å². The van der Waals surface area contributed by atoms with Crippen LogP contribution in [0.4, 0.5) is 4.79 Å². The van der Waals surface area contributed by atoms with E-state index in [1.54, 1.807) is 6.07 Å². The third kappa shape index (κ3) is 2.75.